The molecule has 18 nitrogen and oxygen atoms in total. The third-order valence-corrected chi connectivity index (χ3v) is 7.81. The molecule has 0 aromatic rings. The lowest BCUT2D eigenvalue weighted by molar-refractivity contribution is -0.325. The summed E-state index contributed by atoms with van der Waals surface area (Å²) < 4.78 is 23.3. The fourth-order valence-corrected chi connectivity index (χ4v) is 5.39. The zero-order valence-corrected chi connectivity index (χ0v) is 22.9. The minimum Gasteiger partial charge on any atom is -0.394 e. The molecule has 2 aliphatic heterocycles. The molecule has 3 rings (SSSR count). The SMILES string of the molecule is CC(=O)NC1C(O)C(O)C(OC2OC(C)C(O)(CN=[N+]=[N-])[C@@H]2OC2OC(CO)C(O)C(O)C2C)C(NC(C)=O)C1O. The molecule has 41 heavy (non-hydrogen) atoms. The van der Waals surface area contributed by atoms with E-state index in [9.17, 15) is 45.3 Å². The topological polar surface area (TPSA) is 285 Å². The van der Waals surface area contributed by atoms with Crippen LogP contribution in [0.3, 0.4) is 0 Å². The predicted octanol–water partition coefficient (Wildman–Crippen LogP) is -4.28. The summed E-state index contributed by atoms with van der Waals surface area (Å²) in [5.41, 5.74) is 6.81. The number of nitrogens with one attached hydrogen (secondary N) is 2. The molecule has 0 spiro atoms. The summed E-state index contributed by atoms with van der Waals surface area (Å²) in [5, 5.41) is 82.6. The summed E-state index contributed by atoms with van der Waals surface area (Å²) in [5.74, 6) is -2.18. The van der Waals surface area contributed by atoms with Crippen LogP contribution >= 0.6 is 0 Å². The van der Waals surface area contributed by atoms with Crippen LogP contribution in [0.2, 0.25) is 0 Å². The largest absolute Gasteiger partial charge is 0.394 e. The molecule has 0 aromatic carbocycles. The highest BCUT2D eigenvalue weighted by atomic mass is 16.8. The molecule has 0 bridgehead atoms. The number of nitrogens with zero attached hydrogens (tertiary/aromatic N) is 3. The van der Waals surface area contributed by atoms with E-state index < -0.39 is 116 Å². The molecule has 0 radical (unpaired) electrons. The normalized spacial score (nSPS) is 46.4. The molecule has 234 valence electrons. The molecule has 1 aliphatic carbocycles. The van der Waals surface area contributed by atoms with Crippen LogP contribution in [-0.4, -0.2) is 146 Å². The Morgan fingerprint density at radius 2 is 1.51 bits per heavy atom. The molecule has 9 N–H and O–H groups in total. The van der Waals surface area contributed by atoms with E-state index in [-0.39, 0.29) is 0 Å². The van der Waals surface area contributed by atoms with Gasteiger partial charge in [-0.25, -0.2) is 0 Å². The van der Waals surface area contributed by atoms with E-state index in [4.69, 9.17) is 24.5 Å². The van der Waals surface area contributed by atoms with Crippen LogP contribution < -0.4 is 10.6 Å². The Morgan fingerprint density at radius 1 is 0.902 bits per heavy atom. The van der Waals surface area contributed by atoms with Gasteiger partial charge < -0.3 is 65.3 Å². The third-order valence-electron chi connectivity index (χ3n) is 7.81. The van der Waals surface area contributed by atoms with Crippen molar-refractivity contribution in [1.82, 2.24) is 10.6 Å². The molecule has 18 heteroatoms. The number of aliphatic hydroxyl groups is 7. The number of rotatable bonds is 9. The zero-order valence-electron chi connectivity index (χ0n) is 22.9. The Hall–Kier alpha value is -2.19. The van der Waals surface area contributed by atoms with Crippen molar-refractivity contribution >= 4 is 11.8 Å². The van der Waals surface area contributed by atoms with Gasteiger partial charge in [-0.1, -0.05) is 12.0 Å². The van der Waals surface area contributed by atoms with Gasteiger partial charge in [-0.05, 0) is 12.5 Å². The smallest absolute Gasteiger partial charge is 0.217 e. The second-order valence-corrected chi connectivity index (χ2v) is 10.7. The lowest BCUT2D eigenvalue weighted by atomic mass is 9.81. The van der Waals surface area contributed by atoms with Crippen LogP contribution in [0.5, 0.6) is 0 Å². The molecular weight excluding hydrogens is 554 g/mol. The van der Waals surface area contributed by atoms with Crippen molar-refractivity contribution < 1.29 is 64.3 Å². The van der Waals surface area contributed by atoms with Gasteiger partial charge >= 0.3 is 0 Å². The lowest BCUT2D eigenvalue weighted by Gasteiger charge is -2.47. The minimum atomic E-state index is -2.09. The summed E-state index contributed by atoms with van der Waals surface area (Å²) >= 11 is 0. The minimum absolute atomic E-state index is 0.594. The molecule has 14 unspecified atom stereocenters. The van der Waals surface area contributed by atoms with Gasteiger partial charge in [-0.2, -0.15) is 0 Å². The van der Waals surface area contributed by atoms with Crippen LogP contribution in [0.25, 0.3) is 10.4 Å². The molecular formula is C23H39N5O13. The van der Waals surface area contributed by atoms with Gasteiger partial charge in [0.2, 0.25) is 11.8 Å². The highest BCUT2D eigenvalue weighted by Crippen LogP contribution is 2.40. The maximum Gasteiger partial charge on any atom is 0.217 e. The van der Waals surface area contributed by atoms with E-state index in [2.05, 4.69) is 20.7 Å². The van der Waals surface area contributed by atoms with Crippen LogP contribution in [0.4, 0.5) is 0 Å². The van der Waals surface area contributed by atoms with Gasteiger partial charge in [0.05, 0.1) is 43.5 Å². The molecule has 2 heterocycles. The van der Waals surface area contributed by atoms with Crippen molar-refractivity contribution in [1.29, 1.82) is 0 Å². The van der Waals surface area contributed by atoms with Crippen molar-refractivity contribution in [3.05, 3.63) is 10.4 Å². The van der Waals surface area contributed by atoms with E-state index in [0.29, 0.717) is 0 Å². The average Bonchev–Trinajstić information content (AvgIpc) is 3.14. The van der Waals surface area contributed by atoms with Crippen molar-refractivity contribution in [2.24, 2.45) is 11.0 Å². The van der Waals surface area contributed by atoms with Gasteiger partial charge in [-0.3, -0.25) is 9.59 Å². The Bertz CT molecular complexity index is 986. The Morgan fingerprint density at radius 3 is 2.07 bits per heavy atom. The number of hydrogen-bond acceptors (Lipinski definition) is 14. The van der Waals surface area contributed by atoms with Crippen LogP contribution in [0.1, 0.15) is 27.7 Å². The summed E-state index contributed by atoms with van der Waals surface area (Å²) in [6.07, 6.45) is -16.7. The van der Waals surface area contributed by atoms with E-state index in [1.165, 1.54) is 13.8 Å². The first-order valence-corrected chi connectivity index (χ1v) is 13.1. The number of azide groups is 1. The first-order chi connectivity index (χ1) is 19.2. The van der Waals surface area contributed by atoms with Gasteiger partial charge in [0.15, 0.2) is 12.6 Å². The van der Waals surface area contributed by atoms with E-state index in [0.717, 1.165) is 13.8 Å². The van der Waals surface area contributed by atoms with Crippen molar-refractivity contribution in [2.75, 3.05) is 13.2 Å². The Balaban J connectivity index is 1.96. The van der Waals surface area contributed by atoms with Gasteiger partial charge in [-0.15, -0.1) is 0 Å². The second kappa shape index (κ2) is 13.4. The molecule has 2 amide bonds. The average molecular weight is 594 g/mol. The summed E-state index contributed by atoms with van der Waals surface area (Å²) in [6.45, 7) is 3.87. The standard InChI is InChI=1S/C23H39N5O13/c1-7-14(32)15(33)11(5-29)39-21(7)41-20-22(38-8(2)23(20,37)6-25-28-24)40-19-13(27-10(4)31)16(34)12(26-9(3)30)17(35)18(19)36/h7-8,11-22,29,32-37H,5-6H2,1-4H3,(H,26,30)(H,27,31)/t7?,8?,11?,12?,13?,14?,15?,16?,17?,18?,19?,20-,21?,22?,23?/m1/s1. The quantitative estimate of drug-likeness (QED) is 0.0696. The molecule has 15 atom stereocenters. The third kappa shape index (κ3) is 6.74. The highest BCUT2D eigenvalue weighted by Gasteiger charge is 2.60. The molecule has 1 saturated carbocycles. The zero-order chi connectivity index (χ0) is 30.8. The first-order valence-electron chi connectivity index (χ1n) is 13.1. The lowest BCUT2D eigenvalue weighted by Crippen LogP contribution is -2.72. The second-order valence-electron chi connectivity index (χ2n) is 10.7. The monoisotopic (exact) mass is 593 g/mol. The van der Waals surface area contributed by atoms with Crippen molar-refractivity contribution in [3.63, 3.8) is 0 Å². The number of ether oxygens (including phenoxy) is 4. The van der Waals surface area contributed by atoms with Crippen molar-refractivity contribution in [3.8, 4) is 0 Å². The van der Waals surface area contributed by atoms with Gasteiger partial charge in [0.1, 0.15) is 42.2 Å². The molecule has 0 aromatic heterocycles. The maximum absolute atomic E-state index is 12.0. The Kier molecular flexibility index (Phi) is 10.9. The van der Waals surface area contributed by atoms with Crippen LogP contribution in [-0.2, 0) is 28.5 Å². The highest BCUT2D eigenvalue weighted by molar-refractivity contribution is 5.74. The number of carbonyl (C=O) groups is 2. The molecule has 2 saturated heterocycles. The fraction of sp³-hybridized carbons (Fsp3) is 0.913. The fourth-order valence-electron chi connectivity index (χ4n) is 5.39. The Labute approximate surface area is 234 Å². The molecule has 3 aliphatic rings. The van der Waals surface area contributed by atoms with Gasteiger partial charge in [0.25, 0.3) is 0 Å². The number of carbonyl (C=O) groups excluding carboxylic acids is 2. The first kappa shape index (κ1) is 33.3. The number of aliphatic hydroxyl groups excluding tert-OH is 6. The van der Waals surface area contributed by atoms with E-state index in [1.807, 2.05) is 0 Å². The summed E-state index contributed by atoms with van der Waals surface area (Å²) in [4.78, 5) is 26.3. The van der Waals surface area contributed by atoms with E-state index >= 15 is 0 Å². The number of hydrogen-bond donors (Lipinski definition) is 9. The summed E-state index contributed by atoms with van der Waals surface area (Å²) in [7, 11) is 0. The summed E-state index contributed by atoms with van der Waals surface area (Å²) in [6, 6.07) is -2.80. The maximum atomic E-state index is 12.0. The molecule has 3 fully saturated rings. The van der Waals surface area contributed by atoms with Crippen LogP contribution in [0, 0.1) is 5.92 Å². The van der Waals surface area contributed by atoms with Crippen molar-refractivity contribution in [2.45, 2.75) is 113 Å². The van der Waals surface area contributed by atoms with Gasteiger partial charge in [0, 0.05) is 24.7 Å². The number of amides is 2. The van der Waals surface area contributed by atoms with Crippen LogP contribution in [0.15, 0.2) is 5.11 Å². The predicted molar refractivity (Wildman–Crippen MR) is 133 cm³/mol. The van der Waals surface area contributed by atoms with E-state index in [1.54, 1.807) is 0 Å².